The lowest BCUT2D eigenvalue weighted by Gasteiger charge is -2.37. The number of hydrogen-bond acceptors (Lipinski definition) is 5. The minimum atomic E-state index is -0.735. The second kappa shape index (κ2) is 12.1. The molecule has 0 saturated carbocycles. The Bertz CT molecular complexity index is 1540. The van der Waals surface area contributed by atoms with Gasteiger partial charge in [0.2, 0.25) is 0 Å². The van der Waals surface area contributed by atoms with E-state index in [1.807, 2.05) is 0 Å². The number of imide groups is 1. The lowest BCUT2D eigenvalue weighted by molar-refractivity contribution is -0.0593. The molecule has 0 spiro atoms. The molecule has 3 aromatic rings. The van der Waals surface area contributed by atoms with Gasteiger partial charge in [-0.2, -0.15) is 0 Å². The highest BCUT2D eigenvalue weighted by molar-refractivity contribution is 6.37. The van der Waals surface area contributed by atoms with Crippen molar-refractivity contribution in [1.29, 1.82) is 0 Å². The van der Waals surface area contributed by atoms with Crippen LogP contribution in [0.2, 0.25) is 10.0 Å². The molecule has 3 heterocycles. The normalized spacial score (nSPS) is 17.9. The van der Waals surface area contributed by atoms with Crippen LogP contribution in [0.25, 0.3) is 0 Å². The maximum atomic E-state index is 14.4. The molecule has 3 aliphatic heterocycles. The summed E-state index contributed by atoms with van der Waals surface area (Å²) in [5.41, 5.74) is 1.48. The smallest absolute Gasteiger partial charge is 0.266 e. The van der Waals surface area contributed by atoms with Crippen LogP contribution in [0.1, 0.15) is 67.1 Å². The summed E-state index contributed by atoms with van der Waals surface area (Å²) in [5, 5.41) is 0.129. The van der Waals surface area contributed by atoms with Crippen LogP contribution in [0, 0.1) is 5.82 Å². The van der Waals surface area contributed by atoms with Crippen LogP contribution in [0.4, 0.5) is 10.1 Å². The van der Waals surface area contributed by atoms with Gasteiger partial charge in [-0.1, -0.05) is 35.3 Å². The van der Waals surface area contributed by atoms with Crippen molar-refractivity contribution in [1.82, 2.24) is 9.80 Å². The van der Waals surface area contributed by atoms with E-state index in [-0.39, 0.29) is 45.5 Å². The second-order valence-corrected chi connectivity index (χ2v) is 11.7. The Labute approximate surface area is 257 Å². The van der Waals surface area contributed by atoms with E-state index in [1.54, 1.807) is 58.3 Å². The topological polar surface area (TPSA) is 87.2 Å². The number of fused-ring (bicyclic) bond motifs is 1. The van der Waals surface area contributed by atoms with Crippen LogP contribution >= 0.6 is 23.2 Å². The number of nitrogens with zero attached hydrogens (tertiary/aromatic N) is 3. The Balaban J connectivity index is 0.983. The van der Waals surface area contributed by atoms with Gasteiger partial charge in [0, 0.05) is 36.8 Å². The molecule has 11 heteroatoms. The highest BCUT2D eigenvalue weighted by atomic mass is 35.5. The summed E-state index contributed by atoms with van der Waals surface area (Å²) in [6.45, 7) is 1.93. The predicted octanol–water partition coefficient (Wildman–Crippen LogP) is 5.86. The zero-order chi connectivity index (χ0) is 30.2. The van der Waals surface area contributed by atoms with Gasteiger partial charge in [0.25, 0.3) is 23.6 Å². The minimum Gasteiger partial charge on any atom is -0.375 e. The third-order valence-electron chi connectivity index (χ3n) is 8.23. The molecule has 3 aromatic carbocycles. The molecule has 6 rings (SSSR count). The van der Waals surface area contributed by atoms with Crippen molar-refractivity contribution in [3.05, 3.63) is 98.8 Å². The molecule has 0 N–H and O–H groups in total. The van der Waals surface area contributed by atoms with E-state index < -0.39 is 11.7 Å². The number of amides is 4. The molecule has 222 valence electrons. The van der Waals surface area contributed by atoms with Gasteiger partial charge in [0.05, 0.1) is 39.6 Å². The zero-order valence-electron chi connectivity index (χ0n) is 23.1. The number of likely N-dealkylation sites (tertiary alicyclic amines) is 2. The summed E-state index contributed by atoms with van der Waals surface area (Å²) in [6, 6.07) is 15.7. The summed E-state index contributed by atoms with van der Waals surface area (Å²) in [5.74, 6) is -2.06. The van der Waals surface area contributed by atoms with Gasteiger partial charge in [-0.25, -0.2) is 9.29 Å². The summed E-state index contributed by atoms with van der Waals surface area (Å²) in [4.78, 5) is 56.1. The molecule has 2 fully saturated rings. The van der Waals surface area contributed by atoms with Crippen LogP contribution in [-0.4, -0.2) is 71.8 Å². The number of rotatable bonds is 5. The molecule has 0 aromatic heterocycles. The number of hydrogen-bond donors (Lipinski definition) is 0. The fourth-order valence-electron chi connectivity index (χ4n) is 5.93. The third-order valence-corrected chi connectivity index (χ3v) is 8.75. The summed E-state index contributed by atoms with van der Waals surface area (Å²) < 4.78 is 20.7. The van der Waals surface area contributed by atoms with E-state index in [0.717, 1.165) is 11.0 Å². The number of carbonyl (C=O) groups is 4. The molecular weight excluding hydrogens is 596 g/mol. The molecule has 4 amide bonds. The van der Waals surface area contributed by atoms with Crippen molar-refractivity contribution >= 4 is 52.5 Å². The Morgan fingerprint density at radius 3 is 1.77 bits per heavy atom. The summed E-state index contributed by atoms with van der Waals surface area (Å²) in [7, 11) is 0. The van der Waals surface area contributed by atoms with E-state index in [1.165, 1.54) is 6.07 Å². The van der Waals surface area contributed by atoms with Gasteiger partial charge in [0.1, 0.15) is 5.82 Å². The van der Waals surface area contributed by atoms with E-state index in [0.29, 0.717) is 74.2 Å². The molecule has 43 heavy (non-hydrogen) atoms. The molecule has 0 radical (unpaired) electrons. The first kappa shape index (κ1) is 29.3. The summed E-state index contributed by atoms with van der Waals surface area (Å²) >= 11 is 11.9. The maximum absolute atomic E-state index is 14.4. The zero-order valence-corrected chi connectivity index (χ0v) is 24.6. The third kappa shape index (κ3) is 5.77. The number of carbonyl (C=O) groups excluding carboxylic acids is 4. The molecule has 0 aliphatic carbocycles. The highest BCUT2D eigenvalue weighted by Crippen LogP contribution is 2.30. The standard InChI is InChI=1S/C32H28Cl2FN3O5/c33-20-17-26(34)28(27(35)18-20)32(42)37-15-11-23(12-16-37)43-22-9-13-36(14-10-22)29(39)19-5-7-21(8-6-19)38-30(40)24-3-1-2-4-25(24)31(38)41/h1-8,17-18,22-23H,9-16H2. The van der Waals surface area contributed by atoms with Crippen LogP contribution in [-0.2, 0) is 4.74 Å². The van der Waals surface area contributed by atoms with Crippen molar-refractivity contribution in [2.45, 2.75) is 37.9 Å². The van der Waals surface area contributed by atoms with Gasteiger partial charge in [-0.15, -0.1) is 0 Å². The number of anilines is 1. The maximum Gasteiger partial charge on any atom is 0.266 e. The Morgan fingerprint density at radius 1 is 0.744 bits per heavy atom. The number of halogens is 3. The van der Waals surface area contributed by atoms with Crippen molar-refractivity contribution < 1.29 is 28.3 Å². The van der Waals surface area contributed by atoms with Crippen LogP contribution in [0.15, 0.2) is 60.7 Å². The first-order chi connectivity index (χ1) is 20.7. The fourth-order valence-corrected chi connectivity index (χ4v) is 6.48. The van der Waals surface area contributed by atoms with Crippen LogP contribution in [0.5, 0.6) is 0 Å². The molecule has 2 saturated heterocycles. The molecule has 8 nitrogen and oxygen atoms in total. The first-order valence-electron chi connectivity index (χ1n) is 14.2. The average Bonchev–Trinajstić information content (AvgIpc) is 3.26. The van der Waals surface area contributed by atoms with Gasteiger partial charge < -0.3 is 14.5 Å². The monoisotopic (exact) mass is 623 g/mol. The minimum absolute atomic E-state index is 0.00402. The highest BCUT2D eigenvalue weighted by Gasteiger charge is 2.36. The van der Waals surface area contributed by atoms with E-state index in [9.17, 15) is 23.6 Å². The van der Waals surface area contributed by atoms with Crippen molar-refractivity contribution in [2.24, 2.45) is 0 Å². The van der Waals surface area contributed by atoms with Gasteiger partial charge in [-0.3, -0.25) is 19.2 Å². The molecule has 0 bridgehead atoms. The van der Waals surface area contributed by atoms with Crippen molar-refractivity contribution in [3.8, 4) is 0 Å². The Kier molecular flexibility index (Phi) is 8.22. The van der Waals surface area contributed by atoms with Crippen molar-refractivity contribution in [2.75, 3.05) is 31.1 Å². The Hall–Kier alpha value is -3.79. The average molecular weight is 624 g/mol. The quantitative estimate of drug-likeness (QED) is 0.332. The first-order valence-corrected chi connectivity index (χ1v) is 14.9. The second-order valence-electron chi connectivity index (χ2n) is 10.9. The van der Waals surface area contributed by atoms with E-state index >= 15 is 0 Å². The summed E-state index contributed by atoms with van der Waals surface area (Å²) in [6.07, 6.45) is 2.58. The van der Waals surface area contributed by atoms with Gasteiger partial charge in [0.15, 0.2) is 0 Å². The van der Waals surface area contributed by atoms with Crippen molar-refractivity contribution in [3.63, 3.8) is 0 Å². The molecule has 3 aliphatic rings. The number of piperidine rings is 2. The van der Waals surface area contributed by atoms with Crippen LogP contribution < -0.4 is 4.90 Å². The predicted molar refractivity (Wildman–Crippen MR) is 159 cm³/mol. The van der Waals surface area contributed by atoms with E-state index in [4.69, 9.17) is 27.9 Å². The van der Waals surface area contributed by atoms with Crippen LogP contribution in [0.3, 0.4) is 0 Å². The molecule has 0 unspecified atom stereocenters. The van der Waals surface area contributed by atoms with E-state index in [2.05, 4.69) is 0 Å². The lowest BCUT2D eigenvalue weighted by atomic mass is 10.0. The fraction of sp³-hybridized carbons (Fsp3) is 0.312. The van der Waals surface area contributed by atoms with Gasteiger partial charge >= 0.3 is 0 Å². The van der Waals surface area contributed by atoms with Gasteiger partial charge in [-0.05, 0) is 74.2 Å². The lowest BCUT2D eigenvalue weighted by Crippen LogP contribution is -2.45. The number of benzene rings is 3. The Morgan fingerprint density at radius 2 is 1.26 bits per heavy atom. The SMILES string of the molecule is O=C(c1ccc(N2C(=O)c3ccccc3C2=O)cc1)N1CCC(OC2CCN(C(=O)c3c(F)cc(Cl)cc3Cl)CC2)CC1. The molecular formula is C32H28Cl2FN3O5. The molecule has 0 atom stereocenters. The largest absolute Gasteiger partial charge is 0.375 e. The number of ether oxygens (including phenoxy) is 1.